The summed E-state index contributed by atoms with van der Waals surface area (Å²) in [5.74, 6) is -3.13. The third kappa shape index (κ3) is 4.22. The molecule has 0 aromatic heterocycles. The molecule has 3 N–H and O–H groups in total. The number of carboxylic acid groups (broad SMARTS) is 3. The van der Waals surface area contributed by atoms with E-state index in [1.54, 1.807) is 0 Å². The summed E-state index contributed by atoms with van der Waals surface area (Å²) in [4.78, 5) is 32.0. The Kier molecular flexibility index (Phi) is 4.92. The van der Waals surface area contributed by atoms with E-state index < -0.39 is 32.6 Å². The molecule has 0 aliphatic carbocycles. The van der Waals surface area contributed by atoms with Crippen molar-refractivity contribution in [2.24, 2.45) is 0 Å². The molecule has 96 valence electrons. The molecule has 6 nitrogen and oxygen atoms in total. The Balaban J connectivity index is 2.93. The maximum absolute atomic E-state index is 10.7. The van der Waals surface area contributed by atoms with E-state index in [-0.39, 0.29) is 16.0 Å². The number of hydrogen-bond acceptors (Lipinski definition) is 3. The molecule has 0 unspecified atom stereocenters. The van der Waals surface area contributed by atoms with Crippen molar-refractivity contribution < 1.29 is 29.7 Å². The monoisotopic (exact) mass is 314 g/mol. The molecular formula is C11H11AsO6. The summed E-state index contributed by atoms with van der Waals surface area (Å²) in [6.45, 7) is 0. The van der Waals surface area contributed by atoms with Gasteiger partial charge in [0.1, 0.15) is 0 Å². The van der Waals surface area contributed by atoms with Crippen LogP contribution < -0.4 is 4.35 Å². The Bertz CT molecular complexity index is 451. The Hall–Kier alpha value is -1.81. The van der Waals surface area contributed by atoms with Crippen LogP contribution in [-0.4, -0.2) is 47.9 Å². The van der Waals surface area contributed by atoms with Gasteiger partial charge in [-0.05, 0) is 0 Å². The zero-order valence-corrected chi connectivity index (χ0v) is 11.1. The summed E-state index contributed by atoms with van der Waals surface area (Å²) in [6.07, 6.45) is 0. The third-order valence-electron chi connectivity index (χ3n) is 2.13. The Labute approximate surface area is 107 Å². The first kappa shape index (κ1) is 14.3. The third-order valence-corrected chi connectivity index (χ3v) is 7.03. The fourth-order valence-corrected chi connectivity index (χ4v) is 4.95. The van der Waals surface area contributed by atoms with Crippen molar-refractivity contribution in [2.45, 2.75) is 10.4 Å². The first-order chi connectivity index (χ1) is 8.40. The average Bonchev–Trinajstić information content (AvgIpc) is 2.27. The van der Waals surface area contributed by atoms with Crippen molar-refractivity contribution in [3.8, 4) is 0 Å². The molecule has 0 aliphatic rings. The number of benzene rings is 1. The first-order valence-electron chi connectivity index (χ1n) is 4.92. The molecule has 18 heavy (non-hydrogen) atoms. The normalized spacial score (nSPS) is 10.3. The summed E-state index contributed by atoms with van der Waals surface area (Å²) in [5, 5.41) is 25.9. The van der Waals surface area contributed by atoms with Crippen molar-refractivity contribution in [1.29, 1.82) is 0 Å². The summed E-state index contributed by atoms with van der Waals surface area (Å²) in [5.41, 5.74) is 0.0957. The molecule has 0 amide bonds. The molecule has 1 aromatic rings. The van der Waals surface area contributed by atoms with Gasteiger partial charge >= 0.3 is 107 Å². The maximum atomic E-state index is 10.7. The molecule has 0 saturated heterocycles. The molecule has 0 fully saturated rings. The van der Waals surface area contributed by atoms with Gasteiger partial charge in [-0.1, -0.05) is 0 Å². The molecule has 0 atom stereocenters. The second kappa shape index (κ2) is 6.21. The number of aliphatic carboxylic acids is 2. The molecule has 1 rings (SSSR count). The van der Waals surface area contributed by atoms with Crippen molar-refractivity contribution in [3.63, 3.8) is 0 Å². The quantitative estimate of drug-likeness (QED) is 0.649. The molecule has 0 saturated carbocycles. The second-order valence-electron chi connectivity index (χ2n) is 3.50. The molecule has 1 aromatic carbocycles. The number of carbonyl (C=O) groups is 3. The Morgan fingerprint density at radius 3 is 1.67 bits per heavy atom. The topological polar surface area (TPSA) is 112 Å². The van der Waals surface area contributed by atoms with Gasteiger partial charge in [0.2, 0.25) is 0 Å². The van der Waals surface area contributed by atoms with Crippen LogP contribution in [0.3, 0.4) is 0 Å². The van der Waals surface area contributed by atoms with E-state index in [1.165, 1.54) is 24.3 Å². The number of rotatable bonds is 6. The van der Waals surface area contributed by atoms with Gasteiger partial charge in [0.15, 0.2) is 0 Å². The van der Waals surface area contributed by atoms with Crippen LogP contribution in [-0.2, 0) is 9.59 Å². The molecule has 7 heteroatoms. The van der Waals surface area contributed by atoms with E-state index in [2.05, 4.69) is 0 Å². The average molecular weight is 314 g/mol. The van der Waals surface area contributed by atoms with Crippen molar-refractivity contribution >= 4 is 36.9 Å². The van der Waals surface area contributed by atoms with Crippen LogP contribution in [0.1, 0.15) is 10.4 Å². The van der Waals surface area contributed by atoms with Crippen LogP contribution in [0.5, 0.6) is 0 Å². The van der Waals surface area contributed by atoms with Crippen LogP contribution in [0, 0.1) is 0 Å². The van der Waals surface area contributed by atoms with E-state index in [0.29, 0.717) is 4.35 Å². The van der Waals surface area contributed by atoms with Crippen molar-refractivity contribution in [1.82, 2.24) is 0 Å². The van der Waals surface area contributed by atoms with E-state index in [1.807, 2.05) is 0 Å². The summed E-state index contributed by atoms with van der Waals surface area (Å²) >= 11 is -2.23. The van der Waals surface area contributed by atoms with E-state index in [4.69, 9.17) is 15.3 Å². The van der Waals surface area contributed by atoms with Crippen LogP contribution in [0.2, 0.25) is 10.4 Å². The molecule has 0 heterocycles. The number of carboxylic acids is 3. The summed E-state index contributed by atoms with van der Waals surface area (Å²) < 4.78 is 0.650. The fraction of sp³-hybridized carbons (Fsp3) is 0.182. The van der Waals surface area contributed by atoms with Gasteiger partial charge in [0, 0.05) is 0 Å². The van der Waals surface area contributed by atoms with Crippen LogP contribution >= 0.6 is 0 Å². The van der Waals surface area contributed by atoms with Crippen LogP contribution in [0.4, 0.5) is 0 Å². The Morgan fingerprint density at radius 2 is 1.33 bits per heavy atom. The summed E-state index contributed by atoms with van der Waals surface area (Å²) in [6, 6.07) is 5.75. The molecule has 0 spiro atoms. The van der Waals surface area contributed by atoms with Gasteiger partial charge in [-0.3, -0.25) is 0 Å². The fourth-order valence-electron chi connectivity index (χ4n) is 1.38. The van der Waals surface area contributed by atoms with E-state index in [0.717, 1.165) is 0 Å². The molecule has 0 bridgehead atoms. The number of hydrogen-bond donors (Lipinski definition) is 3. The van der Waals surface area contributed by atoms with Gasteiger partial charge in [-0.15, -0.1) is 0 Å². The minimum absolute atomic E-state index is 0.0957. The summed E-state index contributed by atoms with van der Waals surface area (Å²) in [7, 11) is 0. The zero-order valence-electron chi connectivity index (χ0n) is 9.24. The Morgan fingerprint density at radius 1 is 0.889 bits per heavy atom. The molecular weight excluding hydrogens is 303 g/mol. The van der Waals surface area contributed by atoms with Gasteiger partial charge in [-0.2, -0.15) is 0 Å². The standard InChI is InChI=1S/C11H11AsO6/c13-9(14)5-12(6-10(15)16)8-3-1-7(2-4-8)11(17)18/h1-4H,5-6H2,(H,13,14)(H,15,16)(H,17,18). The van der Waals surface area contributed by atoms with E-state index >= 15 is 0 Å². The van der Waals surface area contributed by atoms with Crippen molar-refractivity contribution in [2.75, 3.05) is 0 Å². The van der Waals surface area contributed by atoms with Gasteiger partial charge in [0.25, 0.3) is 0 Å². The van der Waals surface area contributed by atoms with Gasteiger partial charge in [-0.25, -0.2) is 0 Å². The molecule has 0 radical (unpaired) electrons. The predicted molar refractivity (Wildman–Crippen MR) is 63.7 cm³/mol. The van der Waals surface area contributed by atoms with Crippen LogP contribution in [0.15, 0.2) is 24.3 Å². The first-order valence-corrected chi connectivity index (χ1v) is 8.51. The number of aromatic carboxylic acids is 1. The van der Waals surface area contributed by atoms with Gasteiger partial charge < -0.3 is 0 Å². The van der Waals surface area contributed by atoms with Crippen LogP contribution in [0.25, 0.3) is 0 Å². The second-order valence-corrected chi connectivity index (χ2v) is 8.17. The van der Waals surface area contributed by atoms with E-state index in [9.17, 15) is 14.4 Å². The zero-order chi connectivity index (χ0) is 13.7. The SMILES string of the molecule is O=C(O)C[As](CC(=O)O)c1ccc(C(=O)O)cc1. The minimum atomic E-state index is -2.23. The predicted octanol–water partition coefficient (Wildman–Crippen LogP) is 0.256. The molecule has 0 aliphatic heterocycles. The van der Waals surface area contributed by atoms with Crippen molar-refractivity contribution in [3.05, 3.63) is 29.8 Å². The van der Waals surface area contributed by atoms with Gasteiger partial charge in [0.05, 0.1) is 0 Å².